The van der Waals surface area contributed by atoms with Gasteiger partial charge in [-0.25, -0.2) is 0 Å². The zero-order valence-corrected chi connectivity index (χ0v) is 11.0. The fraction of sp³-hybridized carbons (Fsp3) is 0.500. The normalized spacial score (nSPS) is 10.2. The largest absolute Gasteiger partial charge is 0.380 e. The topological polar surface area (TPSA) is 55.2 Å². The van der Waals surface area contributed by atoms with Crippen LogP contribution in [0.1, 0.15) is 26.7 Å². The maximum Gasteiger partial charge on any atom is 0.305 e. The van der Waals surface area contributed by atoms with E-state index in [-0.39, 0.29) is 10.6 Å². The van der Waals surface area contributed by atoms with Crippen molar-refractivity contribution >= 4 is 23.1 Å². The van der Waals surface area contributed by atoms with Crippen molar-refractivity contribution in [3.8, 4) is 0 Å². The Morgan fingerprint density at radius 1 is 1.41 bits per heavy atom. The number of thioether (sulfide) groups is 1. The van der Waals surface area contributed by atoms with Gasteiger partial charge in [0.2, 0.25) is 0 Å². The van der Waals surface area contributed by atoms with Gasteiger partial charge in [-0.1, -0.05) is 19.4 Å². The summed E-state index contributed by atoms with van der Waals surface area (Å²) in [7, 11) is 0. The minimum atomic E-state index is -0.299. The lowest BCUT2D eigenvalue weighted by Crippen LogP contribution is -2.02. The summed E-state index contributed by atoms with van der Waals surface area (Å²) in [5.41, 5.74) is 0.814. The second-order valence-electron chi connectivity index (χ2n) is 3.64. The highest BCUT2D eigenvalue weighted by atomic mass is 32.2. The standard InChI is InChI=1S/C12H18N2O2S/c1-3-5-9-17-11-8-6-7-10(13-4-2)12(11)14(15)16/h6-8,13H,3-5,9H2,1-2H3. The van der Waals surface area contributed by atoms with E-state index in [0.717, 1.165) is 23.5 Å². The first-order valence-corrected chi connectivity index (χ1v) is 6.83. The Morgan fingerprint density at radius 2 is 2.18 bits per heavy atom. The van der Waals surface area contributed by atoms with Crippen LogP contribution in [0.2, 0.25) is 0 Å². The Kier molecular flexibility index (Phi) is 5.83. The first kappa shape index (κ1) is 13.8. The van der Waals surface area contributed by atoms with Gasteiger partial charge in [0.05, 0.1) is 9.82 Å². The quantitative estimate of drug-likeness (QED) is 0.347. The van der Waals surface area contributed by atoms with Crippen LogP contribution in [0.25, 0.3) is 0 Å². The van der Waals surface area contributed by atoms with Gasteiger partial charge in [-0.05, 0) is 31.2 Å². The summed E-state index contributed by atoms with van der Waals surface area (Å²) in [6, 6.07) is 5.43. The molecule has 0 aromatic heterocycles. The number of rotatable bonds is 7. The minimum Gasteiger partial charge on any atom is -0.380 e. The van der Waals surface area contributed by atoms with Crippen molar-refractivity contribution in [2.24, 2.45) is 0 Å². The number of para-hydroxylation sites is 1. The molecule has 94 valence electrons. The molecule has 1 N–H and O–H groups in total. The zero-order valence-electron chi connectivity index (χ0n) is 10.2. The molecule has 0 aliphatic carbocycles. The highest BCUT2D eigenvalue weighted by molar-refractivity contribution is 7.99. The summed E-state index contributed by atoms with van der Waals surface area (Å²) < 4.78 is 0. The van der Waals surface area contributed by atoms with Gasteiger partial charge in [0.15, 0.2) is 0 Å². The van der Waals surface area contributed by atoms with Crippen LogP contribution in [0.15, 0.2) is 23.1 Å². The lowest BCUT2D eigenvalue weighted by molar-refractivity contribution is -0.386. The maximum atomic E-state index is 11.1. The van der Waals surface area contributed by atoms with Crippen LogP contribution >= 0.6 is 11.8 Å². The van der Waals surface area contributed by atoms with Gasteiger partial charge < -0.3 is 5.32 Å². The predicted octanol–water partition coefficient (Wildman–Crippen LogP) is 3.92. The number of hydrogen-bond acceptors (Lipinski definition) is 4. The van der Waals surface area contributed by atoms with E-state index in [2.05, 4.69) is 12.2 Å². The third-order valence-corrected chi connectivity index (χ3v) is 3.44. The van der Waals surface area contributed by atoms with Crippen molar-refractivity contribution in [3.05, 3.63) is 28.3 Å². The highest BCUT2D eigenvalue weighted by Crippen LogP contribution is 2.35. The zero-order chi connectivity index (χ0) is 12.7. The number of nitrogens with zero attached hydrogens (tertiary/aromatic N) is 1. The van der Waals surface area contributed by atoms with E-state index >= 15 is 0 Å². The number of nitrogens with one attached hydrogen (secondary N) is 1. The van der Waals surface area contributed by atoms with Gasteiger partial charge in [-0.3, -0.25) is 10.1 Å². The summed E-state index contributed by atoms with van der Waals surface area (Å²) in [6.07, 6.45) is 2.18. The van der Waals surface area contributed by atoms with E-state index < -0.39 is 0 Å². The average Bonchev–Trinajstić information content (AvgIpc) is 2.29. The molecular weight excluding hydrogens is 236 g/mol. The summed E-state index contributed by atoms with van der Waals surface area (Å²) in [5, 5.41) is 14.1. The first-order valence-electron chi connectivity index (χ1n) is 5.84. The number of unbranched alkanes of at least 4 members (excludes halogenated alkanes) is 1. The molecule has 17 heavy (non-hydrogen) atoms. The van der Waals surface area contributed by atoms with Gasteiger partial charge in [0.25, 0.3) is 0 Å². The minimum absolute atomic E-state index is 0.204. The van der Waals surface area contributed by atoms with E-state index in [1.165, 1.54) is 0 Å². The van der Waals surface area contributed by atoms with Crippen LogP contribution in [0.4, 0.5) is 11.4 Å². The highest BCUT2D eigenvalue weighted by Gasteiger charge is 2.19. The number of anilines is 1. The van der Waals surface area contributed by atoms with E-state index in [0.29, 0.717) is 12.2 Å². The monoisotopic (exact) mass is 254 g/mol. The molecule has 1 aromatic carbocycles. The number of nitro benzene ring substituents is 1. The molecule has 0 aliphatic rings. The maximum absolute atomic E-state index is 11.1. The van der Waals surface area contributed by atoms with E-state index in [9.17, 15) is 10.1 Å². The number of nitro groups is 1. The lowest BCUT2D eigenvalue weighted by atomic mass is 10.2. The Morgan fingerprint density at radius 3 is 2.76 bits per heavy atom. The van der Waals surface area contributed by atoms with Crippen molar-refractivity contribution < 1.29 is 4.92 Å². The van der Waals surface area contributed by atoms with Crippen molar-refractivity contribution in [2.75, 3.05) is 17.6 Å². The molecule has 0 spiro atoms. The molecule has 0 radical (unpaired) electrons. The van der Waals surface area contributed by atoms with Crippen LogP contribution in [0.5, 0.6) is 0 Å². The van der Waals surface area contributed by atoms with E-state index in [4.69, 9.17) is 0 Å². The van der Waals surface area contributed by atoms with Crippen molar-refractivity contribution in [2.45, 2.75) is 31.6 Å². The van der Waals surface area contributed by atoms with Crippen molar-refractivity contribution in [1.29, 1.82) is 0 Å². The second-order valence-corrected chi connectivity index (χ2v) is 4.78. The number of hydrogen-bond donors (Lipinski definition) is 1. The van der Waals surface area contributed by atoms with Crippen LogP contribution in [-0.4, -0.2) is 17.2 Å². The average molecular weight is 254 g/mol. The van der Waals surface area contributed by atoms with Gasteiger partial charge in [0, 0.05) is 6.54 Å². The Bertz CT molecular complexity index is 383. The third-order valence-electron chi connectivity index (χ3n) is 2.30. The summed E-state index contributed by atoms with van der Waals surface area (Å²) in [6.45, 7) is 4.73. The molecule has 0 heterocycles. The Balaban J connectivity index is 2.94. The molecule has 5 heteroatoms. The van der Waals surface area contributed by atoms with Crippen LogP contribution in [-0.2, 0) is 0 Å². The molecule has 0 bridgehead atoms. The van der Waals surface area contributed by atoms with Gasteiger partial charge in [-0.2, -0.15) is 0 Å². The molecule has 0 saturated carbocycles. The van der Waals surface area contributed by atoms with E-state index in [1.807, 2.05) is 19.1 Å². The van der Waals surface area contributed by atoms with Gasteiger partial charge in [0.1, 0.15) is 5.69 Å². The lowest BCUT2D eigenvalue weighted by Gasteiger charge is -2.08. The Hall–Kier alpha value is -1.23. The first-order chi connectivity index (χ1) is 8.20. The molecule has 0 saturated heterocycles. The molecule has 0 unspecified atom stereocenters. The SMILES string of the molecule is CCCCSc1cccc(NCC)c1[N+](=O)[O-]. The van der Waals surface area contributed by atoms with E-state index in [1.54, 1.807) is 17.8 Å². The molecule has 4 nitrogen and oxygen atoms in total. The number of benzene rings is 1. The van der Waals surface area contributed by atoms with Crippen LogP contribution < -0.4 is 5.32 Å². The third kappa shape index (κ3) is 3.93. The molecule has 0 amide bonds. The van der Waals surface area contributed by atoms with Crippen molar-refractivity contribution in [1.82, 2.24) is 0 Å². The molecule has 0 aliphatic heterocycles. The Labute approximate surface area is 106 Å². The smallest absolute Gasteiger partial charge is 0.305 e. The summed E-state index contributed by atoms with van der Waals surface area (Å²) >= 11 is 1.56. The molecule has 1 aromatic rings. The van der Waals surface area contributed by atoms with Gasteiger partial charge >= 0.3 is 5.69 Å². The summed E-state index contributed by atoms with van der Waals surface area (Å²) in [4.78, 5) is 11.6. The fourth-order valence-corrected chi connectivity index (χ4v) is 2.64. The van der Waals surface area contributed by atoms with Crippen LogP contribution in [0, 0.1) is 10.1 Å². The second kappa shape index (κ2) is 7.17. The molecular formula is C12H18N2O2S. The molecule has 0 atom stereocenters. The predicted molar refractivity (Wildman–Crippen MR) is 72.9 cm³/mol. The fourth-order valence-electron chi connectivity index (χ4n) is 1.49. The molecule has 1 rings (SSSR count). The van der Waals surface area contributed by atoms with Crippen molar-refractivity contribution in [3.63, 3.8) is 0 Å². The van der Waals surface area contributed by atoms with Gasteiger partial charge in [-0.15, -0.1) is 11.8 Å². The van der Waals surface area contributed by atoms with Crippen LogP contribution in [0.3, 0.4) is 0 Å². The summed E-state index contributed by atoms with van der Waals surface area (Å²) in [5.74, 6) is 0.924. The molecule has 0 fully saturated rings.